The van der Waals surface area contributed by atoms with Crippen molar-refractivity contribution < 1.29 is 4.79 Å². The molecule has 0 spiro atoms. The van der Waals surface area contributed by atoms with Gasteiger partial charge in [-0.25, -0.2) is 0 Å². The van der Waals surface area contributed by atoms with Crippen LogP contribution in [0.15, 0.2) is 11.6 Å². The molecule has 2 saturated carbocycles. The van der Waals surface area contributed by atoms with Crippen molar-refractivity contribution in [2.75, 3.05) is 0 Å². The lowest BCUT2D eigenvalue weighted by atomic mass is 9.46. The molecular weight excluding hydrogens is 364 g/mol. The molecule has 1 nitrogen and oxygen atoms in total. The predicted octanol–water partition coefficient (Wildman–Crippen LogP) is 8.87. The number of rotatable bonds is 5. The Hall–Kier alpha value is -0.590. The van der Waals surface area contributed by atoms with E-state index in [1.807, 2.05) is 0 Å². The zero-order valence-electron chi connectivity index (χ0n) is 21.8. The summed E-state index contributed by atoms with van der Waals surface area (Å²) in [7, 11) is 0. The number of carbonyl (C=O) groups is 1. The third-order valence-electron chi connectivity index (χ3n) is 9.57. The Morgan fingerprint density at radius 1 is 1.00 bits per heavy atom. The lowest BCUT2D eigenvalue weighted by Gasteiger charge is -2.58. The van der Waals surface area contributed by atoms with Crippen LogP contribution in [-0.2, 0) is 4.79 Å². The van der Waals surface area contributed by atoms with E-state index in [4.69, 9.17) is 0 Å². The molecule has 0 aliphatic heterocycles. The fourth-order valence-electron chi connectivity index (χ4n) is 6.72. The van der Waals surface area contributed by atoms with Gasteiger partial charge in [0.05, 0.1) is 0 Å². The van der Waals surface area contributed by atoms with Crippen LogP contribution in [0, 0.1) is 46.3 Å². The maximum atomic E-state index is 11.8. The molecule has 3 aliphatic rings. The number of ketones is 1. The van der Waals surface area contributed by atoms with E-state index in [0.717, 1.165) is 54.8 Å². The minimum atomic E-state index is 0.323. The highest BCUT2D eigenvalue weighted by molar-refractivity contribution is 5.82. The molecule has 30 heavy (non-hydrogen) atoms. The average molecular weight is 417 g/mol. The van der Waals surface area contributed by atoms with Crippen LogP contribution in [0.5, 0.6) is 0 Å². The van der Waals surface area contributed by atoms with Crippen LogP contribution in [0.2, 0.25) is 0 Å². The van der Waals surface area contributed by atoms with Crippen molar-refractivity contribution in [1.82, 2.24) is 0 Å². The Bertz CT molecular complexity index is 589. The van der Waals surface area contributed by atoms with E-state index in [1.54, 1.807) is 0 Å². The fraction of sp³-hybridized carbons (Fsp3) is 0.897. The van der Waals surface area contributed by atoms with Gasteiger partial charge in [-0.3, -0.25) is 4.79 Å². The molecule has 0 bridgehead atoms. The number of allylic oxidation sites excluding steroid dienone is 2. The van der Waals surface area contributed by atoms with Crippen molar-refractivity contribution >= 4 is 5.78 Å². The lowest BCUT2D eigenvalue weighted by Crippen LogP contribution is -2.50. The molecule has 174 valence electrons. The number of Topliss-reactive ketones (excluding diaryl/α,β-unsaturated/α-hetero) is 1. The third kappa shape index (κ3) is 5.60. The molecule has 2 fully saturated rings. The highest BCUT2D eigenvalue weighted by Crippen LogP contribution is 2.62. The van der Waals surface area contributed by atoms with Gasteiger partial charge in [0.1, 0.15) is 5.78 Å². The first-order valence-corrected chi connectivity index (χ1v) is 13.1. The Balaban J connectivity index is 0.000000303. The second kappa shape index (κ2) is 10.4. The molecule has 5 atom stereocenters. The smallest absolute Gasteiger partial charge is 0.136 e. The molecule has 0 aromatic carbocycles. The second-order valence-electron chi connectivity index (χ2n) is 12.6. The molecule has 0 radical (unpaired) electrons. The van der Waals surface area contributed by atoms with E-state index in [9.17, 15) is 4.79 Å². The van der Waals surface area contributed by atoms with E-state index in [-0.39, 0.29) is 0 Å². The Morgan fingerprint density at radius 2 is 1.60 bits per heavy atom. The third-order valence-corrected chi connectivity index (χ3v) is 9.57. The maximum Gasteiger partial charge on any atom is 0.136 e. The molecule has 0 saturated heterocycles. The van der Waals surface area contributed by atoms with E-state index in [1.165, 1.54) is 44.1 Å². The summed E-state index contributed by atoms with van der Waals surface area (Å²) in [4.78, 5) is 11.8. The largest absolute Gasteiger partial charge is 0.299 e. The molecule has 0 amide bonds. The van der Waals surface area contributed by atoms with E-state index in [2.05, 4.69) is 68.4 Å². The highest BCUT2D eigenvalue weighted by Gasteiger charge is 2.53. The summed E-state index contributed by atoms with van der Waals surface area (Å²) >= 11 is 0. The van der Waals surface area contributed by atoms with Crippen LogP contribution in [-0.4, -0.2) is 5.78 Å². The van der Waals surface area contributed by atoms with E-state index < -0.39 is 0 Å². The SMILES string of the molecule is CC(C)C1(C)CCC2C(CC=C3CC(=O)CCC32C)C1C.CC(C)CCCC(C)C. The van der Waals surface area contributed by atoms with Gasteiger partial charge in [0.25, 0.3) is 0 Å². The van der Waals surface area contributed by atoms with Crippen molar-refractivity contribution in [3.8, 4) is 0 Å². The van der Waals surface area contributed by atoms with Gasteiger partial charge in [-0.1, -0.05) is 93.2 Å². The van der Waals surface area contributed by atoms with Gasteiger partial charge in [0.2, 0.25) is 0 Å². The molecule has 0 N–H and O–H groups in total. The Kier molecular flexibility index (Phi) is 8.86. The van der Waals surface area contributed by atoms with Crippen LogP contribution in [0.3, 0.4) is 0 Å². The summed E-state index contributed by atoms with van der Waals surface area (Å²) in [5.41, 5.74) is 2.30. The number of hydrogen-bond acceptors (Lipinski definition) is 1. The zero-order valence-corrected chi connectivity index (χ0v) is 21.8. The van der Waals surface area contributed by atoms with Crippen LogP contribution >= 0.6 is 0 Å². The van der Waals surface area contributed by atoms with Crippen LogP contribution in [0.4, 0.5) is 0 Å². The van der Waals surface area contributed by atoms with Crippen molar-refractivity contribution in [2.24, 2.45) is 46.3 Å². The summed E-state index contributed by atoms with van der Waals surface area (Å²) in [6.45, 7) is 21.5. The fourth-order valence-corrected chi connectivity index (χ4v) is 6.72. The van der Waals surface area contributed by atoms with Crippen molar-refractivity contribution in [1.29, 1.82) is 0 Å². The summed E-state index contributed by atoms with van der Waals surface area (Å²) in [6, 6.07) is 0. The number of carbonyl (C=O) groups excluding carboxylic acids is 1. The van der Waals surface area contributed by atoms with Crippen molar-refractivity contribution in [2.45, 2.75) is 120 Å². The van der Waals surface area contributed by atoms with Gasteiger partial charge < -0.3 is 0 Å². The lowest BCUT2D eigenvalue weighted by molar-refractivity contribution is -0.122. The molecular formula is C29H52O. The molecule has 1 heteroatoms. The molecule has 3 rings (SSSR count). The minimum Gasteiger partial charge on any atom is -0.299 e. The van der Waals surface area contributed by atoms with Crippen LogP contribution in [0.25, 0.3) is 0 Å². The topological polar surface area (TPSA) is 17.1 Å². The predicted molar refractivity (Wildman–Crippen MR) is 132 cm³/mol. The van der Waals surface area contributed by atoms with E-state index >= 15 is 0 Å². The summed E-state index contributed by atoms with van der Waals surface area (Å²) in [5, 5.41) is 0. The first-order chi connectivity index (χ1) is 13.9. The monoisotopic (exact) mass is 416 g/mol. The van der Waals surface area contributed by atoms with Gasteiger partial charge >= 0.3 is 0 Å². The van der Waals surface area contributed by atoms with Gasteiger partial charge in [0, 0.05) is 12.8 Å². The van der Waals surface area contributed by atoms with Crippen molar-refractivity contribution in [3.05, 3.63) is 11.6 Å². The molecule has 0 aromatic heterocycles. The van der Waals surface area contributed by atoms with Gasteiger partial charge in [-0.2, -0.15) is 0 Å². The minimum absolute atomic E-state index is 0.323. The highest BCUT2D eigenvalue weighted by atomic mass is 16.1. The standard InChI is InChI=1S/C20H32O.C9H20/c1-13(2)19(4)11-9-18-17(14(19)3)7-6-15-12-16(21)8-10-20(15,18)5;1-8(2)6-5-7-9(3)4/h6,13-14,17-18H,7-12H2,1-5H3;8-9H,5-7H2,1-4H3. The molecule has 3 aliphatic carbocycles. The number of fused-ring (bicyclic) bond motifs is 3. The van der Waals surface area contributed by atoms with Crippen molar-refractivity contribution in [3.63, 3.8) is 0 Å². The maximum absolute atomic E-state index is 11.8. The Morgan fingerprint density at radius 3 is 2.13 bits per heavy atom. The molecule has 0 heterocycles. The Labute approximate surface area is 188 Å². The van der Waals surface area contributed by atoms with Gasteiger partial charge in [-0.05, 0) is 72.0 Å². The summed E-state index contributed by atoms with van der Waals surface area (Å²) in [6.07, 6.45) is 13.3. The second-order valence-corrected chi connectivity index (χ2v) is 12.6. The van der Waals surface area contributed by atoms with E-state index in [0.29, 0.717) is 16.6 Å². The first kappa shape index (κ1) is 25.7. The first-order valence-electron chi connectivity index (χ1n) is 13.1. The molecule has 5 unspecified atom stereocenters. The quantitative estimate of drug-likeness (QED) is 0.409. The van der Waals surface area contributed by atoms with Gasteiger partial charge in [-0.15, -0.1) is 0 Å². The van der Waals surface area contributed by atoms with Crippen LogP contribution < -0.4 is 0 Å². The van der Waals surface area contributed by atoms with Crippen LogP contribution in [0.1, 0.15) is 120 Å². The normalized spacial score (nSPS) is 36.2. The summed E-state index contributed by atoms with van der Waals surface area (Å²) < 4.78 is 0. The summed E-state index contributed by atoms with van der Waals surface area (Å²) in [5.74, 6) is 5.45. The number of hydrogen-bond donors (Lipinski definition) is 0. The molecule has 0 aromatic rings. The zero-order chi connectivity index (χ0) is 22.7. The van der Waals surface area contributed by atoms with Gasteiger partial charge in [0.15, 0.2) is 0 Å². The average Bonchev–Trinajstić information content (AvgIpc) is 2.65.